The fraction of sp³-hybridized carbons (Fsp3) is 0.714. The second-order valence-corrected chi connectivity index (χ2v) is 7.27. The minimum absolute atomic E-state index is 0.0157. The fourth-order valence-electron chi connectivity index (χ4n) is 2.29. The van der Waals surface area contributed by atoms with Crippen LogP contribution in [-0.4, -0.2) is 45.6 Å². The average Bonchev–Trinajstić information content (AvgIpc) is 3.02. The first kappa shape index (κ1) is 16.8. The van der Waals surface area contributed by atoms with E-state index in [0.717, 1.165) is 5.01 Å². The Labute approximate surface area is 134 Å². The van der Waals surface area contributed by atoms with Gasteiger partial charge in [0.1, 0.15) is 11.6 Å². The van der Waals surface area contributed by atoms with Crippen LogP contribution in [0.1, 0.15) is 39.1 Å². The van der Waals surface area contributed by atoms with Crippen molar-refractivity contribution in [2.45, 2.75) is 46.3 Å². The monoisotopic (exact) mass is 326 g/mol. The Morgan fingerprint density at radius 3 is 2.77 bits per heavy atom. The molecule has 7 nitrogen and oxygen atoms in total. The molecule has 1 saturated heterocycles. The lowest BCUT2D eigenvalue weighted by atomic mass is 10.1. The van der Waals surface area contributed by atoms with Gasteiger partial charge in [0.05, 0.1) is 5.92 Å². The number of hydrogen-bond donors (Lipinski definition) is 1. The van der Waals surface area contributed by atoms with E-state index in [1.807, 2.05) is 27.7 Å². The molecule has 0 saturated carbocycles. The van der Waals surface area contributed by atoms with Gasteiger partial charge >= 0.3 is 0 Å². The SMILES string of the molecule is CCOCc1nnc(NC(=O)[C@@H]2CC(=O)N(C(C)(C)C)C2)s1. The summed E-state index contributed by atoms with van der Waals surface area (Å²) in [4.78, 5) is 26.0. The van der Waals surface area contributed by atoms with Crippen molar-refractivity contribution in [2.24, 2.45) is 5.92 Å². The molecular formula is C14H22N4O3S. The Morgan fingerprint density at radius 1 is 1.45 bits per heavy atom. The highest BCUT2D eigenvalue weighted by molar-refractivity contribution is 7.15. The molecule has 0 radical (unpaired) electrons. The van der Waals surface area contributed by atoms with Crippen molar-refractivity contribution in [1.82, 2.24) is 15.1 Å². The highest BCUT2D eigenvalue weighted by Crippen LogP contribution is 2.27. The van der Waals surface area contributed by atoms with Crippen LogP contribution >= 0.6 is 11.3 Å². The molecule has 1 aromatic rings. The minimum atomic E-state index is -0.342. The smallest absolute Gasteiger partial charge is 0.231 e. The van der Waals surface area contributed by atoms with Crippen LogP contribution in [0.2, 0.25) is 0 Å². The zero-order valence-electron chi connectivity index (χ0n) is 13.4. The van der Waals surface area contributed by atoms with Crippen molar-refractivity contribution in [3.8, 4) is 0 Å². The molecule has 0 spiro atoms. The number of ether oxygens (including phenoxy) is 1. The number of carbonyl (C=O) groups excluding carboxylic acids is 2. The molecule has 22 heavy (non-hydrogen) atoms. The van der Waals surface area contributed by atoms with E-state index in [4.69, 9.17) is 4.74 Å². The molecule has 8 heteroatoms. The number of likely N-dealkylation sites (tertiary alicyclic amines) is 1. The fourth-order valence-corrected chi connectivity index (χ4v) is 2.97. The molecule has 1 aromatic heterocycles. The number of hydrogen-bond acceptors (Lipinski definition) is 6. The normalized spacial score (nSPS) is 18.8. The number of aromatic nitrogens is 2. The average molecular weight is 326 g/mol. The molecule has 0 aliphatic carbocycles. The minimum Gasteiger partial charge on any atom is -0.374 e. The maximum absolute atomic E-state index is 12.3. The predicted octanol–water partition coefficient (Wildman–Crippen LogP) is 1.66. The van der Waals surface area contributed by atoms with Crippen LogP contribution in [-0.2, 0) is 20.9 Å². The zero-order valence-corrected chi connectivity index (χ0v) is 14.2. The first-order valence-electron chi connectivity index (χ1n) is 7.32. The third kappa shape index (κ3) is 4.01. The van der Waals surface area contributed by atoms with Gasteiger partial charge in [-0.1, -0.05) is 11.3 Å². The largest absolute Gasteiger partial charge is 0.374 e. The molecule has 2 heterocycles. The van der Waals surface area contributed by atoms with Crippen molar-refractivity contribution in [2.75, 3.05) is 18.5 Å². The topological polar surface area (TPSA) is 84.4 Å². The summed E-state index contributed by atoms with van der Waals surface area (Å²) in [5.41, 5.74) is -0.264. The summed E-state index contributed by atoms with van der Waals surface area (Å²) in [6.07, 6.45) is 0.244. The van der Waals surface area contributed by atoms with E-state index >= 15 is 0 Å². The maximum atomic E-state index is 12.3. The Morgan fingerprint density at radius 2 is 2.18 bits per heavy atom. The third-order valence-electron chi connectivity index (χ3n) is 3.43. The van der Waals surface area contributed by atoms with E-state index in [9.17, 15) is 9.59 Å². The second-order valence-electron chi connectivity index (χ2n) is 6.20. The van der Waals surface area contributed by atoms with E-state index in [2.05, 4.69) is 15.5 Å². The van der Waals surface area contributed by atoms with Gasteiger partial charge < -0.3 is 15.0 Å². The van der Waals surface area contributed by atoms with Crippen LogP contribution in [0, 0.1) is 5.92 Å². The van der Waals surface area contributed by atoms with Crippen molar-refractivity contribution >= 4 is 28.3 Å². The summed E-state index contributed by atoms with van der Waals surface area (Å²) in [7, 11) is 0. The summed E-state index contributed by atoms with van der Waals surface area (Å²) >= 11 is 1.29. The van der Waals surface area contributed by atoms with Gasteiger partial charge in [-0.05, 0) is 27.7 Å². The Kier molecular flexibility index (Phi) is 5.12. The van der Waals surface area contributed by atoms with E-state index in [1.54, 1.807) is 4.90 Å². The van der Waals surface area contributed by atoms with Crippen molar-refractivity contribution < 1.29 is 14.3 Å². The van der Waals surface area contributed by atoms with Gasteiger partial charge in [-0.2, -0.15) is 0 Å². The molecular weight excluding hydrogens is 304 g/mol. The molecule has 0 unspecified atom stereocenters. The number of amides is 2. The van der Waals surface area contributed by atoms with Gasteiger partial charge in [-0.3, -0.25) is 9.59 Å². The zero-order chi connectivity index (χ0) is 16.3. The van der Waals surface area contributed by atoms with Crippen LogP contribution in [0.5, 0.6) is 0 Å². The van der Waals surface area contributed by atoms with Gasteiger partial charge in [0.2, 0.25) is 16.9 Å². The highest BCUT2D eigenvalue weighted by atomic mass is 32.1. The van der Waals surface area contributed by atoms with E-state index in [0.29, 0.717) is 24.9 Å². The lowest BCUT2D eigenvalue weighted by Gasteiger charge is -2.31. The Bertz CT molecular complexity index is 553. The summed E-state index contributed by atoms with van der Waals surface area (Å²) < 4.78 is 5.25. The molecule has 1 fully saturated rings. The van der Waals surface area contributed by atoms with Gasteiger partial charge in [0.15, 0.2) is 0 Å². The number of rotatable bonds is 5. The maximum Gasteiger partial charge on any atom is 0.231 e. The van der Waals surface area contributed by atoms with E-state index in [-0.39, 0.29) is 29.7 Å². The van der Waals surface area contributed by atoms with E-state index in [1.165, 1.54) is 11.3 Å². The Balaban J connectivity index is 1.93. The number of nitrogens with zero attached hydrogens (tertiary/aromatic N) is 3. The summed E-state index contributed by atoms with van der Waals surface area (Å²) in [5, 5.41) is 11.8. The Hall–Kier alpha value is -1.54. The van der Waals surface area contributed by atoms with Gasteiger partial charge in [0.25, 0.3) is 0 Å². The number of nitrogens with one attached hydrogen (secondary N) is 1. The predicted molar refractivity (Wildman–Crippen MR) is 83.4 cm³/mol. The quantitative estimate of drug-likeness (QED) is 0.889. The molecule has 1 aliphatic rings. The van der Waals surface area contributed by atoms with Gasteiger partial charge in [-0.25, -0.2) is 0 Å². The second kappa shape index (κ2) is 6.70. The lowest BCUT2D eigenvalue weighted by Crippen LogP contribution is -2.42. The van der Waals surface area contributed by atoms with Gasteiger partial charge in [-0.15, -0.1) is 10.2 Å². The lowest BCUT2D eigenvalue weighted by molar-refractivity contribution is -0.131. The third-order valence-corrected chi connectivity index (χ3v) is 4.24. The molecule has 1 atom stereocenters. The highest BCUT2D eigenvalue weighted by Gasteiger charge is 2.39. The van der Waals surface area contributed by atoms with Crippen molar-refractivity contribution in [3.63, 3.8) is 0 Å². The first-order chi connectivity index (χ1) is 10.3. The molecule has 0 aromatic carbocycles. The standard InChI is InChI=1S/C14H22N4O3S/c1-5-21-8-10-16-17-13(22-10)15-12(20)9-6-11(19)18(7-9)14(2,3)4/h9H,5-8H2,1-4H3,(H,15,17,20)/t9-/m1/s1. The van der Waals surface area contributed by atoms with Crippen LogP contribution in [0.3, 0.4) is 0 Å². The van der Waals surface area contributed by atoms with Crippen LogP contribution in [0.25, 0.3) is 0 Å². The molecule has 122 valence electrons. The number of anilines is 1. The molecule has 2 rings (SSSR count). The molecule has 1 N–H and O–H groups in total. The number of carbonyl (C=O) groups is 2. The van der Waals surface area contributed by atoms with Crippen LogP contribution in [0.4, 0.5) is 5.13 Å². The summed E-state index contributed by atoms with van der Waals surface area (Å²) in [5.74, 6) is -0.507. The summed E-state index contributed by atoms with van der Waals surface area (Å²) in [6, 6.07) is 0. The van der Waals surface area contributed by atoms with Crippen molar-refractivity contribution in [3.05, 3.63) is 5.01 Å². The summed E-state index contributed by atoms with van der Waals surface area (Å²) in [6.45, 7) is 9.25. The van der Waals surface area contributed by atoms with Gasteiger partial charge in [0, 0.05) is 25.1 Å². The van der Waals surface area contributed by atoms with E-state index < -0.39 is 0 Å². The molecule has 2 amide bonds. The molecule has 0 bridgehead atoms. The van der Waals surface area contributed by atoms with Crippen LogP contribution < -0.4 is 5.32 Å². The molecule has 1 aliphatic heterocycles. The first-order valence-corrected chi connectivity index (χ1v) is 8.14. The van der Waals surface area contributed by atoms with Crippen molar-refractivity contribution in [1.29, 1.82) is 0 Å². The van der Waals surface area contributed by atoms with Crippen LogP contribution in [0.15, 0.2) is 0 Å².